The Morgan fingerprint density at radius 2 is 1.48 bits per heavy atom. The summed E-state index contributed by atoms with van der Waals surface area (Å²) in [5.74, 6) is 0.472. The van der Waals surface area contributed by atoms with E-state index in [0.717, 1.165) is 12.0 Å². The van der Waals surface area contributed by atoms with E-state index in [9.17, 15) is 37.8 Å². The van der Waals surface area contributed by atoms with Crippen molar-refractivity contribution in [1.29, 1.82) is 0 Å². The smallest absolute Gasteiger partial charge is 0.280 e. The van der Waals surface area contributed by atoms with Gasteiger partial charge in [0.15, 0.2) is 29.5 Å². The Balaban J connectivity index is 1.03. The number of anilines is 1. The molecule has 0 amide bonds. The van der Waals surface area contributed by atoms with E-state index < -0.39 is 74.7 Å². The second kappa shape index (κ2) is 16.5. The Morgan fingerprint density at radius 1 is 0.786 bits per heavy atom. The monoisotopic (exact) mass is 851 g/mol. The highest BCUT2D eigenvalue weighted by molar-refractivity contribution is 7.69. The van der Waals surface area contributed by atoms with Crippen LogP contribution in [0, 0.1) is 0 Å². The van der Waals surface area contributed by atoms with Crippen molar-refractivity contribution in [3.05, 3.63) is 96.6 Å². The summed E-state index contributed by atoms with van der Waals surface area (Å²) in [4.78, 5) is 63.4. The zero-order valence-corrected chi connectivity index (χ0v) is 32.8. The van der Waals surface area contributed by atoms with Crippen LogP contribution in [0.5, 0.6) is 0 Å². The number of ether oxygens (including phenoxy) is 3. The summed E-state index contributed by atoms with van der Waals surface area (Å²) in [6.45, 7) is 1.69. The van der Waals surface area contributed by atoms with Gasteiger partial charge in [0.25, 0.3) is 23.5 Å². The number of nitrogens with zero attached hydrogens (tertiary/aromatic N) is 4. The van der Waals surface area contributed by atoms with Crippen molar-refractivity contribution in [2.45, 2.75) is 56.8 Å². The average Bonchev–Trinajstić information content (AvgIpc) is 3.83. The second-order valence-corrected chi connectivity index (χ2v) is 19.1. The molecule has 9 atom stereocenters. The van der Waals surface area contributed by atoms with Gasteiger partial charge < -0.3 is 48.2 Å². The molecule has 2 saturated heterocycles. The van der Waals surface area contributed by atoms with Crippen molar-refractivity contribution >= 4 is 58.8 Å². The number of hydrogen-bond donors (Lipinski definition) is 1. The molecule has 1 N–H and O–H groups in total. The van der Waals surface area contributed by atoms with Crippen LogP contribution in [-0.2, 0) is 62.5 Å². The Morgan fingerprint density at radius 3 is 2.27 bits per heavy atom. The minimum Gasteiger partial charge on any atom is -0.778 e. The lowest BCUT2D eigenvalue weighted by Crippen LogP contribution is -2.32. The Kier molecular flexibility index (Phi) is 12.1. The van der Waals surface area contributed by atoms with Crippen LogP contribution < -0.4 is 24.9 Å². The fourth-order valence-corrected chi connectivity index (χ4v) is 11.8. The highest BCUT2D eigenvalue weighted by Crippen LogP contribution is 2.67. The van der Waals surface area contributed by atoms with E-state index in [4.69, 9.17) is 18.7 Å². The summed E-state index contributed by atoms with van der Waals surface area (Å²) < 4.78 is 87.1. The molecule has 0 saturated carbocycles. The van der Waals surface area contributed by atoms with Crippen molar-refractivity contribution in [2.75, 3.05) is 18.5 Å². The summed E-state index contributed by atoms with van der Waals surface area (Å²) in [6.07, 6.45) is -2.00. The average molecular weight is 852 g/mol. The number of fused-ring (bicyclic) bond motifs is 3. The quantitative estimate of drug-likeness (QED) is 0.131. The van der Waals surface area contributed by atoms with Crippen LogP contribution in [0.15, 0.2) is 85.5 Å². The molecule has 2 aromatic heterocycles. The van der Waals surface area contributed by atoms with E-state index in [-0.39, 0.29) is 5.56 Å². The summed E-state index contributed by atoms with van der Waals surface area (Å²) in [5.41, 5.74) is 1.79. The van der Waals surface area contributed by atoms with Gasteiger partial charge >= 0.3 is 0 Å². The highest BCUT2D eigenvalue weighted by atomic mass is 31.3. The lowest BCUT2D eigenvalue weighted by molar-refractivity contribution is -0.251. The van der Waals surface area contributed by atoms with Gasteiger partial charge in [0, 0.05) is 19.1 Å². The predicted molar refractivity (Wildman–Crippen MR) is 189 cm³/mol. The predicted octanol–water partition coefficient (Wildman–Crippen LogP) is 3.28. The Hall–Kier alpha value is -3.25. The topological polar surface area (TPSA) is 281 Å². The molecule has 20 nitrogen and oxygen atoms in total. The van der Waals surface area contributed by atoms with Crippen molar-refractivity contribution in [3.8, 4) is 0 Å². The van der Waals surface area contributed by atoms with Crippen LogP contribution >= 0.6 is 31.1 Å². The van der Waals surface area contributed by atoms with Gasteiger partial charge in [0.2, 0.25) is 0 Å². The van der Waals surface area contributed by atoms with Gasteiger partial charge in [-0.05, 0) is 28.3 Å². The van der Waals surface area contributed by atoms with Gasteiger partial charge in [0.1, 0.15) is 32.2 Å². The van der Waals surface area contributed by atoms with Crippen LogP contribution in [0.25, 0.3) is 21.9 Å². The summed E-state index contributed by atoms with van der Waals surface area (Å²) >= 11 is 0. The van der Waals surface area contributed by atoms with Gasteiger partial charge in [-0.1, -0.05) is 79.7 Å². The molecule has 5 aromatic rings. The van der Waals surface area contributed by atoms with E-state index in [2.05, 4.69) is 33.2 Å². The van der Waals surface area contributed by atoms with Crippen LogP contribution in [0.3, 0.4) is 0 Å². The molecule has 0 radical (unpaired) electrons. The van der Waals surface area contributed by atoms with E-state index >= 15 is 0 Å². The van der Waals surface area contributed by atoms with E-state index in [1.54, 1.807) is 34.9 Å². The number of rotatable bonds is 17. The zero-order chi connectivity index (χ0) is 39.7. The third kappa shape index (κ3) is 9.71. The maximum absolute atomic E-state index is 12.8. The molecule has 2 aliphatic rings. The van der Waals surface area contributed by atoms with Gasteiger partial charge in [-0.3, -0.25) is 22.6 Å². The first kappa shape index (κ1) is 40.9. The number of imidazole rings is 1. The molecule has 2 aliphatic heterocycles. The number of nitrogens with one attached hydrogen (secondary N) is 1. The van der Waals surface area contributed by atoms with E-state index in [0.29, 0.717) is 40.7 Å². The van der Waals surface area contributed by atoms with Gasteiger partial charge in [0.05, 0.1) is 12.9 Å². The lowest BCUT2D eigenvalue weighted by Gasteiger charge is -2.37. The molecule has 24 heteroatoms. The maximum atomic E-state index is 12.8. The second-order valence-electron chi connectivity index (χ2n) is 12.6. The summed E-state index contributed by atoms with van der Waals surface area (Å²) in [6, 6.07) is 20.5. The molecule has 56 heavy (non-hydrogen) atoms. The lowest BCUT2D eigenvalue weighted by atomic mass is 10.1. The van der Waals surface area contributed by atoms with Crippen molar-refractivity contribution in [3.63, 3.8) is 0 Å². The third-order valence-corrected chi connectivity index (χ3v) is 14.8. The molecule has 4 heterocycles. The van der Waals surface area contributed by atoms with E-state index in [1.807, 2.05) is 37.3 Å². The summed E-state index contributed by atoms with van der Waals surface area (Å²) in [7, 11) is -24.1. The van der Waals surface area contributed by atoms with E-state index in [1.165, 1.54) is 24.8 Å². The van der Waals surface area contributed by atoms with Crippen LogP contribution in [0.4, 0.5) is 5.82 Å². The van der Waals surface area contributed by atoms with Crippen molar-refractivity contribution < 1.29 is 69.5 Å². The molecule has 0 spiro atoms. The van der Waals surface area contributed by atoms with Crippen LogP contribution in [-0.4, -0.2) is 57.3 Å². The number of phosphoric ester groups is 1. The molecule has 6 unspecified atom stereocenters. The normalized spacial score (nSPS) is 25.3. The van der Waals surface area contributed by atoms with Gasteiger partial charge in [-0.2, -0.15) is 0 Å². The molecule has 7 rings (SSSR count). The van der Waals surface area contributed by atoms with Crippen LogP contribution in [0.1, 0.15) is 30.7 Å². The van der Waals surface area contributed by atoms with Crippen molar-refractivity contribution in [1.82, 2.24) is 19.5 Å². The minimum absolute atomic E-state index is 0.144. The minimum atomic E-state index is -6.41. The van der Waals surface area contributed by atoms with Gasteiger partial charge in [-0.15, -0.1) is 0 Å². The zero-order valence-electron chi connectivity index (χ0n) is 29.2. The molecule has 0 bridgehead atoms. The summed E-state index contributed by atoms with van der Waals surface area (Å²) in [5, 5.41) is 4.27. The largest absolute Gasteiger partial charge is 0.778 e. The molecule has 2 fully saturated rings. The maximum Gasteiger partial charge on any atom is 0.280 e. The number of hydrogen-bond acceptors (Lipinski definition) is 19. The van der Waals surface area contributed by atoms with Crippen LogP contribution in [0.2, 0.25) is 0 Å². The first-order chi connectivity index (χ1) is 26.6. The molecule has 300 valence electrons. The number of benzene rings is 3. The standard InChI is InChI=1S/C32H37N5O15P4/c1-2-15-33-30-27-31(35-19-34-30)37(20-36-27)32-29-28(48-26(49-29)16-21-9-4-3-5-10-21)25(47-32)17-46-54(40,41)51-56(44,45)52-55(42,43)50-53(38,39)18-23-13-8-12-22-11-6-7-14-24(22)23/h3-14,19-20,25-26,28-29,32H,2,15-18H2,1H3,(H,38,39)(H,40,41)(H,42,43)(H,44,45)(H,33,34,35)/p-4/t25-,26?,28?,29+,32-/m1/s1. The molecule has 0 aliphatic carbocycles. The first-order valence-electron chi connectivity index (χ1n) is 17.0. The highest BCUT2D eigenvalue weighted by Gasteiger charge is 2.54. The first-order valence-corrected chi connectivity index (χ1v) is 23.1. The Labute approximate surface area is 319 Å². The fourth-order valence-electron chi connectivity index (χ4n) is 6.36. The fraction of sp³-hybridized carbons (Fsp3) is 0.344. The molecule has 3 aromatic carbocycles. The van der Waals surface area contributed by atoms with Crippen molar-refractivity contribution in [2.24, 2.45) is 0 Å². The van der Waals surface area contributed by atoms with Gasteiger partial charge in [-0.25, -0.2) is 23.6 Å². The molecular formula is C32H33N5O15P4-4. The number of aromatic nitrogens is 4. The molecular weight excluding hydrogens is 818 g/mol. The third-order valence-electron chi connectivity index (χ3n) is 8.59. The Bertz CT molecular complexity index is 2380. The SMILES string of the molecule is CCCNc1ncnc2c1ncn2[C@@H]1O[C@H](COP(=O)([O-])OP(=O)([O-])OP(=O)([O-])OP(=O)([O-])Cc2cccc3ccccc23)C2OC(Cc3ccccc3)O[C@@H]21. The number of phosphoric acid groups is 3.